The highest BCUT2D eigenvalue weighted by Crippen LogP contribution is 2.26. The van der Waals surface area contributed by atoms with Crippen molar-refractivity contribution < 1.29 is 32.3 Å². The number of carbonyl (C=O) groups excluding carboxylic acids is 3. The third-order valence-corrected chi connectivity index (χ3v) is 5.96. The third-order valence-electron chi connectivity index (χ3n) is 4.98. The van der Waals surface area contributed by atoms with Gasteiger partial charge in [0.15, 0.2) is 17.4 Å². The number of hydrogen-bond donors (Lipinski definition) is 3. The van der Waals surface area contributed by atoms with Crippen molar-refractivity contribution in [2.24, 2.45) is 4.99 Å². The van der Waals surface area contributed by atoms with E-state index >= 15 is 0 Å². The highest BCUT2D eigenvalue weighted by molar-refractivity contribution is 8.14. The number of carbonyl (C=O) groups is 3. The number of aromatic nitrogens is 2. The number of aromatic amines is 1. The molecule has 0 radical (unpaired) electrons. The van der Waals surface area contributed by atoms with Gasteiger partial charge in [-0.2, -0.15) is 18.9 Å². The van der Waals surface area contributed by atoms with E-state index in [1.54, 1.807) is 37.3 Å². The van der Waals surface area contributed by atoms with Crippen molar-refractivity contribution in [3.63, 3.8) is 0 Å². The van der Waals surface area contributed by atoms with E-state index in [-0.39, 0.29) is 22.9 Å². The van der Waals surface area contributed by atoms with Crippen LogP contribution >= 0.6 is 11.8 Å². The zero-order valence-electron chi connectivity index (χ0n) is 21.3. The van der Waals surface area contributed by atoms with Gasteiger partial charge in [-0.15, -0.1) is 11.8 Å². The molecule has 39 heavy (non-hydrogen) atoms. The summed E-state index contributed by atoms with van der Waals surface area (Å²) in [5.41, 5.74) is 1.62. The number of urea groups is 1. The Hall–Kier alpha value is -4.13. The molecule has 13 heteroatoms. The Kier molecular flexibility index (Phi) is 9.88. The van der Waals surface area contributed by atoms with Crippen molar-refractivity contribution in [1.29, 1.82) is 0 Å². The van der Waals surface area contributed by atoms with E-state index in [9.17, 15) is 27.6 Å². The molecule has 2 aromatic carbocycles. The van der Waals surface area contributed by atoms with E-state index in [4.69, 9.17) is 0 Å². The summed E-state index contributed by atoms with van der Waals surface area (Å²) in [5, 5.41) is 12.4. The minimum absolute atomic E-state index is 0.106. The van der Waals surface area contributed by atoms with Gasteiger partial charge in [0.05, 0.1) is 16.5 Å². The standard InChI is InChI=1S/C26H26F3N5O4S/c1-4-5-19(35)14-39-15(2)30-25(37)31-18-9-6-16(7-10-18)21-13-23(34-33-21)32-24(36)17-8-11-22(20(27)12-17)38-26(3,28)29/h6-13H,4-5,14H2,1-3H3,(H,31,37)(H2,32,33,34,36)/b30-15-. The first-order chi connectivity index (χ1) is 18.4. The number of alkyl halides is 2. The van der Waals surface area contributed by atoms with Gasteiger partial charge in [0.1, 0.15) is 5.78 Å². The van der Waals surface area contributed by atoms with Crippen LogP contribution in [0.2, 0.25) is 0 Å². The lowest BCUT2D eigenvalue weighted by Crippen LogP contribution is -2.20. The van der Waals surface area contributed by atoms with E-state index in [1.165, 1.54) is 11.8 Å². The zero-order chi connectivity index (χ0) is 28.6. The Bertz CT molecular complexity index is 1370. The number of nitrogens with one attached hydrogen (secondary N) is 3. The Morgan fingerprint density at radius 2 is 1.82 bits per heavy atom. The molecule has 0 saturated heterocycles. The lowest BCUT2D eigenvalue weighted by molar-refractivity contribution is -0.160. The number of ketones is 1. The Morgan fingerprint density at radius 3 is 2.46 bits per heavy atom. The van der Waals surface area contributed by atoms with Crippen molar-refractivity contribution in [2.45, 2.75) is 39.7 Å². The number of anilines is 2. The number of hydrogen-bond acceptors (Lipinski definition) is 6. The third kappa shape index (κ3) is 9.28. The number of Topliss-reactive ketones (excluding diaryl/α,β-unsaturated/α-hetero) is 1. The predicted molar refractivity (Wildman–Crippen MR) is 144 cm³/mol. The molecule has 3 amide bonds. The molecular weight excluding hydrogens is 535 g/mol. The van der Waals surface area contributed by atoms with Crippen LogP contribution in [0.4, 0.5) is 29.5 Å². The summed E-state index contributed by atoms with van der Waals surface area (Å²) in [6.07, 6.45) is -2.29. The quantitative estimate of drug-likeness (QED) is 0.191. The summed E-state index contributed by atoms with van der Waals surface area (Å²) in [6, 6.07) is 10.6. The molecule has 0 atom stereocenters. The van der Waals surface area contributed by atoms with Gasteiger partial charge >= 0.3 is 12.1 Å². The largest absolute Gasteiger partial charge is 0.430 e. The van der Waals surface area contributed by atoms with Gasteiger partial charge in [-0.3, -0.25) is 14.7 Å². The van der Waals surface area contributed by atoms with Crippen LogP contribution in [0, 0.1) is 5.82 Å². The highest BCUT2D eigenvalue weighted by atomic mass is 32.2. The fraction of sp³-hybridized carbons (Fsp3) is 0.269. The number of rotatable bonds is 10. The maximum Gasteiger partial charge on any atom is 0.395 e. The van der Waals surface area contributed by atoms with E-state index in [0.29, 0.717) is 35.3 Å². The van der Waals surface area contributed by atoms with Crippen molar-refractivity contribution in [1.82, 2.24) is 10.2 Å². The molecule has 0 aliphatic carbocycles. The molecule has 3 aromatic rings. The SMILES string of the molecule is CCCC(=O)CS/C(C)=N\C(=O)Nc1ccc(-c2cc(NC(=O)c3ccc(OC(C)(F)F)c(F)c3)n[nH]2)cc1. The summed E-state index contributed by atoms with van der Waals surface area (Å²) in [7, 11) is 0. The van der Waals surface area contributed by atoms with E-state index in [2.05, 4.69) is 30.6 Å². The molecule has 0 spiro atoms. The first kappa shape index (κ1) is 29.4. The highest BCUT2D eigenvalue weighted by Gasteiger charge is 2.25. The van der Waals surface area contributed by atoms with Crippen LogP contribution in [0.3, 0.4) is 0 Å². The molecule has 3 N–H and O–H groups in total. The number of thioether (sulfide) groups is 1. The van der Waals surface area contributed by atoms with Crippen LogP contribution in [0.15, 0.2) is 53.5 Å². The molecule has 206 valence electrons. The van der Waals surface area contributed by atoms with Crippen molar-refractivity contribution in [3.8, 4) is 17.0 Å². The zero-order valence-corrected chi connectivity index (χ0v) is 22.1. The molecule has 0 aliphatic heterocycles. The minimum Gasteiger partial charge on any atom is -0.430 e. The maximum atomic E-state index is 14.1. The van der Waals surface area contributed by atoms with Gasteiger partial charge < -0.3 is 15.4 Å². The molecule has 3 rings (SSSR count). The van der Waals surface area contributed by atoms with Gasteiger partial charge in [-0.25, -0.2) is 9.18 Å². The Labute approximate surface area is 226 Å². The van der Waals surface area contributed by atoms with Gasteiger partial charge in [0.2, 0.25) is 0 Å². The Morgan fingerprint density at radius 1 is 1.10 bits per heavy atom. The van der Waals surface area contributed by atoms with Gasteiger partial charge in [-0.05, 0) is 49.2 Å². The van der Waals surface area contributed by atoms with Gasteiger partial charge in [0.25, 0.3) is 5.91 Å². The lowest BCUT2D eigenvalue weighted by Gasteiger charge is -2.13. The predicted octanol–water partition coefficient (Wildman–Crippen LogP) is 6.51. The minimum atomic E-state index is -3.57. The maximum absolute atomic E-state index is 14.1. The first-order valence-corrected chi connectivity index (χ1v) is 12.8. The fourth-order valence-electron chi connectivity index (χ4n) is 3.24. The van der Waals surface area contributed by atoms with Gasteiger partial charge in [0, 0.05) is 30.7 Å². The topological polar surface area (TPSA) is 126 Å². The van der Waals surface area contributed by atoms with Crippen LogP contribution < -0.4 is 15.4 Å². The van der Waals surface area contributed by atoms with Crippen molar-refractivity contribution in [2.75, 3.05) is 16.4 Å². The molecular formula is C26H26F3N5O4S. The smallest absolute Gasteiger partial charge is 0.395 e. The average Bonchev–Trinajstić information content (AvgIpc) is 3.32. The summed E-state index contributed by atoms with van der Waals surface area (Å²) in [5.74, 6) is -1.97. The van der Waals surface area contributed by atoms with Crippen LogP contribution in [0.1, 0.15) is 44.0 Å². The van der Waals surface area contributed by atoms with Crippen molar-refractivity contribution in [3.05, 3.63) is 59.9 Å². The number of amides is 3. The lowest BCUT2D eigenvalue weighted by atomic mass is 10.1. The summed E-state index contributed by atoms with van der Waals surface area (Å²) >= 11 is 1.22. The summed E-state index contributed by atoms with van der Waals surface area (Å²) < 4.78 is 44.2. The summed E-state index contributed by atoms with van der Waals surface area (Å²) in [6.45, 7) is 4.06. The fourth-order valence-corrected chi connectivity index (χ4v) is 3.90. The molecule has 0 unspecified atom stereocenters. The first-order valence-electron chi connectivity index (χ1n) is 11.8. The molecule has 1 aromatic heterocycles. The molecule has 0 aliphatic rings. The number of H-pyrrole nitrogens is 1. The number of halogens is 3. The van der Waals surface area contributed by atoms with Crippen LogP contribution in [-0.4, -0.2) is 44.8 Å². The number of benzene rings is 2. The van der Waals surface area contributed by atoms with Gasteiger partial charge in [-0.1, -0.05) is 19.1 Å². The second-order valence-electron chi connectivity index (χ2n) is 8.39. The normalized spacial score (nSPS) is 11.7. The van der Waals surface area contributed by atoms with Crippen molar-refractivity contribution >= 4 is 46.0 Å². The molecule has 1 heterocycles. The Balaban J connectivity index is 1.57. The number of nitrogens with zero attached hydrogens (tertiary/aromatic N) is 2. The second kappa shape index (κ2) is 13.1. The van der Waals surface area contributed by atoms with Crippen LogP contribution in [0.5, 0.6) is 5.75 Å². The molecule has 0 fully saturated rings. The molecule has 9 nitrogen and oxygen atoms in total. The summed E-state index contributed by atoms with van der Waals surface area (Å²) in [4.78, 5) is 40.1. The molecule has 0 saturated carbocycles. The molecule has 0 bridgehead atoms. The monoisotopic (exact) mass is 561 g/mol. The second-order valence-corrected chi connectivity index (χ2v) is 9.56. The van der Waals surface area contributed by atoms with Crippen LogP contribution in [0.25, 0.3) is 11.3 Å². The van der Waals surface area contributed by atoms with E-state index in [0.717, 1.165) is 24.6 Å². The number of aliphatic imine (C=N–C) groups is 1. The van der Waals surface area contributed by atoms with E-state index < -0.39 is 29.6 Å². The number of ether oxygens (including phenoxy) is 1. The van der Waals surface area contributed by atoms with E-state index in [1.807, 2.05) is 6.92 Å². The van der Waals surface area contributed by atoms with Crippen LogP contribution in [-0.2, 0) is 4.79 Å². The average molecular weight is 562 g/mol.